The Morgan fingerprint density at radius 2 is 2.06 bits per heavy atom. The first-order valence-electron chi connectivity index (χ1n) is 6.81. The van der Waals surface area contributed by atoms with Gasteiger partial charge in [0.2, 0.25) is 0 Å². The molecule has 0 amide bonds. The van der Waals surface area contributed by atoms with Crippen molar-refractivity contribution in [1.82, 2.24) is 0 Å². The molecule has 1 fully saturated rings. The molecule has 0 bridgehead atoms. The highest BCUT2D eigenvalue weighted by molar-refractivity contribution is 6.83. The smallest absolute Gasteiger partial charge is 0.157 e. The number of ether oxygens (including phenoxy) is 2. The second-order valence-corrected chi connectivity index (χ2v) is 10.4. The highest BCUT2D eigenvalue weighted by Crippen LogP contribution is 2.14. The lowest BCUT2D eigenvalue weighted by Crippen LogP contribution is -2.22. The molecule has 0 N–H and O–H groups in total. The summed E-state index contributed by atoms with van der Waals surface area (Å²) in [6.07, 6.45) is 6.81. The van der Waals surface area contributed by atoms with Gasteiger partial charge < -0.3 is 9.47 Å². The monoisotopic (exact) mass is 254 g/mol. The van der Waals surface area contributed by atoms with Gasteiger partial charge in [0.25, 0.3) is 0 Å². The van der Waals surface area contributed by atoms with Gasteiger partial charge in [-0.05, 0) is 32.1 Å². The normalized spacial score (nSPS) is 20.8. The second-order valence-electron chi connectivity index (χ2n) is 5.68. The Labute approximate surface area is 107 Å². The largest absolute Gasteiger partial charge is 0.353 e. The zero-order chi connectivity index (χ0) is 12.6. The first-order chi connectivity index (χ1) is 8.08. The summed E-state index contributed by atoms with van der Waals surface area (Å²) in [5, 5.41) is 0. The van der Waals surface area contributed by atoms with Crippen molar-refractivity contribution in [3.8, 4) is 11.5 Å². The number of unbranched alkanes of at least 4 members (excludes halogenated alkanes) is 2. The van der Waals surface area contributed by atoms with Crippen LogP contribution in [0.25, 0.3) is 0 Å². The Bertz CT molecular complexity index is 254. The van der Waals surface area contributed by atoms with Gasteiger partial charge >= 0.3 is 0 Å². The third-order valence-electron chi connectivity index (χ3n) is 2.60. The van der Waals surface area contributed by atoms with E-state index in [-0.39, 0.29) is 6.29 Å². The van der Waals surface area contributed by atoms with Crippen LogP contribution in [0, 0.1) is 11.5 Å². The Balaban J connectivity index is 1.95. The number of hydrogen-bond donors (Lipinski definition) is 0. The summed E-state index contributed by atoms with van der Waals surface area (Å²) in [5.41, 5.74) is 3.39. The standard InChI is InChI=1S/C14H26O2Si/c1-17(2,3)13-9-5-4-7-11-15-14-10-6-8-12-16-14/h14H,4-8,10-12H2,1-3H3/t14-/m1/s1. The van der Waals surface area contributed by atoms with E-state index in [0.29, 0.717) is 0 Å². The molecule has 0 radical (unpaired) electrons. The van der Waals surface area contributed by atoms with Crippen molar-refractivity contribution in [2.45, 2.75) is 64.5 Å². The minimum absolute atomic E-state index is 0.0665. The van der Waals surface area contributed by atoms with Crippen molar-refractivity contribution in [3.05, 3.63) is 0 Å². The van der Waals surface area contributed by atoms with Crippen LogP contribution in [0.15, 0.2) is 0 Å². The summed E-state index contributed by atoms with van der Waals surface area (Å²) >= 11 is 0. The Kier molecular flexibility index (Phi) is 6.87. The molecule has 0 saturated carbocycles. The van der Waals surface area contributed by atoms with Crippen LogP contribution >= 0.6 is 0 Å². The van der Waals surface area contributed by atoms with E-state index in [4.69, 9.17) is 9.47 Å². The molecule has 1 aliphatic heterocycles. The van der Waals surface area contributed by atoms with Crippen molar-refractivity contribution < 1.29 is 9.47 Å². The van der Waals surface area contributed by atoms with Gasteiger partial charge in [0.05, 0.1) is 0 Å². The number of rotatable bonds is 5. The van der Waals surface area contributed by atoms with Gasteiger partial charge in [-0.15, -0.1) is 11.5 Å². The van der Waals surface area contributed by atoms with Gasteiger partial charge in [0.1, 0.15) is 8.07 Å². The summed E-state index contributed by atoms with van der Waals surface area (Å²) in [6, 6.07) is 0. The molecule has 0 aromatic rings. The summed E-state index contributed by atoms with van der Waals surface area (Å²) in [6.45, 7) is 8.53. The number of hydrogen-bond acceptors (Lipinski definition) is 2. The van der Waals surface area contributed by atoms with Crippen molar-refractivity contribution in [3.63, 3.8) is 0 Å². The third-order valence-corrected chi connectivity index (χ3v) is 3.53. The average Bonchev–Trinajstić information content (AvgIpc) is 2.28. The zero-order valence-electron chi connectivity index (χ0n) is 11.6. The summed E-state index contributed by atoms with van der Waals surface area (Å²) in [4.78, 5) is 0. The van der Waals surface area contributed by atoms with E-state index in [9.17, 15) is 0 Å². The minimum atomic E-state index is -1.16. The molecule has 17 heavy (non-hydrogen) atoms. The van der Waals surface area contributed by atoms with Gasteiger partial charge in [0, 0.05) is 19.6 Å². The molecule has 1 heterocycles. The fourth-order valence-electron chi connectivity index (χ4n) is 1.70. The summed E-state index contributed by atoms with van der Waals surface area (Å²) in [5.74, 6) is 3.29. The topological polar surface area (TPSA) is 18.5 Å². The van der Waals surface area contributed by atoms with E-state index >= 15 is 0 Å². The van der Waals surface area contributed by atoms with Crippen LogP contribution in [0.2, 0.25) is 19.6 Å². The van der Waals surface area contributed by atoms with Crippen LogP contribution in [-0.2, 0) is 9.47 Å². The maximum atomic E-state index is 5.67. The molecular weight excluding hydrogens is 228 g/mol. The molecule has 2 nitrogen and oxygen atoms in total. The Morgan fingerprint density at radius 1 is 1.24 bits per heavy atom. The van der Waals surface area contributed by atoms with Crippen molar-refractivity contribution in [2.24, 2.45) is 0 Å². The molecule has 3 heteroatoms. The van der Waals surface area contributed by atoms with Crippen LogP contribution in [-0.4, -0.2) is 27.6 Å². The zero-order valence-corrected chi connectivity index (χ0v) is 12.6. The van der Waals surface area contributed by atoms with E-state index in [2.05, 4.69) is 31.1 Å². The molecular formula is C14H26O2Si. The first kappa shape index (κ1) is 14.8. The predicted octanol–water partition coefficient (Wildman–Crippen LogP) is 3.58. The minimum Gasteiger partial charge on any atom is -0.353 e. The van der Waals surface area contributed by atoms with E-state index < -0.39 is 8.07 Å². The molecule has 0 aromatic heterocycles. The van der Waals surface area contributed by atoms with Crippen molar-refractivity contribution in [1.29, 1.82) is 0 Å². The van der Waals surface area contributed by atoms with Gasteiger partial charge in [-0.1, -0.05) is 19.6 Å². The van der Waals surface area contributed by atoms with Crippen LogP contribution in [0.3, 0.4) is 0 Å². The molecule has 1 aliphatic rings. The molecule has 0 unspecified atom stereocenters. The van der Waals surface area contributed by atoms with Crippen LogP contribution < -0.4 is 0 Å². The fourth-order valence-corrected chi connectivity index (χ4v) is 2.36. The molecule has 0 aromatic carbocycles. The lowest BCUT2D eigenvalue weighted by Gasteiger charge is -2.22. The Hall–Kier alpha value is -0.303. The van der Waals surface area contributed by atoms with E-state index in [1.807, 2.05) is 0 Å². The molecule has 0 aliphatic carbocycles. The van der Waals surface area contributed by atoms with Crippen LogP contribution in [0.1, 0.15) is 38.5 Å². The van der Waals surface area contributed by atoms with Gasteiger partial charge in [-0.2, -0.15) is 0 Å². The summed E-state index contributed by atoms with van der Waals surface area (Å²) < 4.78 is 11.2. The predicted molar refractivity (Wildman–Crippen MR) is 74.5 cm³/mol. The highest BCUT2D eigenvalue weighted by atomic mass is 28.3. The van der Waals surface area contributed by atoms with Crippen LogP contribution in [0.4, 0.5) is 0 Å². The van der Waals surface area contributed by atoms with Gasteiger partial charge in [-0.25, -0.2) is 0 Å². The molecule has 1 atom stereocenters. The lowest BCUT2D eigenvalue weighted by molar-refractivity contribution is -0.162. The van der Waals surface area contributed by atoms with Gasteiger partial charge in [0.15, 0.2) is 6.29 Å². The molecule has 0 spiro atoms. The average molecular weight is 254 g/mol. The van der Waals surface area contributed by atoms with E-state index in [0.717, 1.165) is 38.9 Å². The molecule has 1 saturated heterocycles. The van der Waals surface area contributed by atoms with Gasteiger partial charge in [-0.3, -0.25) is 0 Å². The molecule has 1 rings (SSSR count). The first-order valence-corrected chi connectivity index (χ1v) is 10.3. The maximum Gasteiger partial charge on any atom is 0.157 e. The van der Waals surface area contributed by atoms with E-state index in [1.54, 1.807) is 0 Å². The van der Waals surface area contributed by atoms with E-state index in [1.165, 1.54) is 12.8 Å². The fraction of sp³-hybridized carbons (Fsp3) is 0.857. The van der Waals surface area contributed by atoms with Crippen molar-refractivity contribution in [2.75, 3.05) is 13.2 Å². The van der Waals surface area contributed by atoms with Crippen LogP contribution in [0.5, 0.6) is 0 Å². The highest BCUT2D eigenvalue weighted by Gasteiger charge is 2.13. The molecule has 98 valence electrons. The maximum absolute atomic E-state index is 5.67. The summed E-state index contributed by atoms with van der Waals surface area (Å²) in [7, 11) is -1.16. The SMILES string of the molecule is C[Si](C)(C)C#CCCCCO[C@H]1CCCCO1. The van der Waals surface area contributed by atoms with Crippen molar-refractivity contribution >= 4 is 8.07 Å². The second kappa shape index (κ2) is 7.92. The quantitative estimate of drug-likeness (QED) is 0.424. The lowest BCUT2D eigenvalue weighted by atomic mass is 10.2. The Morgan fingerprint density at radius 3 is 2.71 bits per heavy atom. The third kappa shape index (κ3) is 8.42.